The predicted octanol–water partition coefficient (Wildman–Crippen LogP) is 4.76. The van der Waals surface area contributed by atoms with Gasteiger partial charge in [0.05, 0.1) is 19.3 Å². The number of amides is 1. The minimum absolute atomic E-state index is 0.0796. The van der Waals surface area contributed by atoms with E-state index in [1.807, 2.05) is 0 Å². The molecule has 4 rings (SSSR count). The Hall–Kier alpha value is -2.95. The fourth-order valence-electron chi connectivity index (χ4n) is 4.87. The lowest BCUT2D eigenvalue weighted by molar-refractivity contribution is -0.120. The van der Waals surface area contributed by atoms with Crippen molar-refractivity contribution in [3.8, 4) is 0 Å². The first-order valence-corrected chi connectivity index (χ1v) is 11.3. The summed E-state index contributed by atoms with van der Waals surface area (Å²) in [6, 6.07) is 23.7. The van der Waals surface area contributed by atoms with Gasteiger partial charge < -0.3 is 4.74 Å². The van der Waals surface area contributed by atoms with Gasteiger partial charge in [-0.15, -0.1) is 0 Å². The molecule has 4 heteroatoms. The van der Waals surface area contributed by atoms with Crippen LogP contribution in [0.2, 0.25) is 0 Å². The van der Waals surface area contributed by atoms with E-state index in [4.69, 9.17) is 4.74 Å². The summed E-state index contributed by atoms with van der Waals surface area (Å²) < 4.78 is 6.23. The van der Waals surface area contributed by atoms with Gasteiger partial charge in [0.15, 0.2) is 0 Å². The third-order valence-electron chi connectivity index (χ3n) is 6.13. The lowest BCUT2D eigenvalue weighted by atomic mass is 9.83. The molecule has 1 aliphatic carbocycles. The molecule has 1 atom stereocenters. The molecule has 3 aromatic rings. The average molecular weight is 429 g/mol. The summed E-state index contributed by atoms with van der Waals surface area (Å²) in [4.78, 5) is 11.7. The molecule has 0 aliphatic heterocycles. The lowest BCUT2D eigenvalue weighted by Crippen LogP contribution is -2.49. The maximum atomic E-state index is 11.7. The van der Waals surface area contributed by atoms with Crippen LogP contribution in [-0.4, -0.2) is 18.6 Å². The molecular weight excluding hydrogens is 396 g/mol. The minimum atomic E-state index is -0.112. The molecule has 1 unspecified atom stereocenters. The number of hydrazine groups is 1. The molecular formula is C28H32N2O2. The normalized spacial score (nSPS) is 14.2. The number of nitrogens with one attached hydrogen (secondary N) is 2. The van der Waals surface area contributed by atoms with Crippen LogP contribution in [0.5, 0.6) is 0 Å². The van der Waals surface area contributed by atoms with Gasteiger partial charge >= 0.3 is 0 Å². The van der Waals surface area contributed by atoms with Crippen LogP contribution in [0.1, 0.15) is 51.8 Å². The van der Waals surface area contributed by atoms with Crippen LogP contribution in [0.15, 0.2) is 66.7 Å². The fourth-order valence-corrected chi connectivity index (χ4v) is 4.87. The summed E-state index contributed by atoms with van der Waals surface area (Å²) in [5, 5.41) is 0. The number of rotatable bonds is 7. The van der Waals surface area contributed by atoms with Crippen LogP contribution in [-0.2, 0) is 29.0 Å². The first-order chi connectivity index (χ1) is 15.5. The van der Waals surface area contributed by atoms with Crippen molar-refractivity contribution in [3.05, 3.63) is 106 Å². The Kier molecular flexibility index (Phi) is 7.03. The van der Waals surface area contributed by atoms with E-state index in [1.165, 1.54) is 45.9 Å². The van der Waals surface area contributed by atoms with Crippen LogP contribution in [0.25, 0.3) is 0 Å². The lowest BCUT2D eigenvalue weighted by Gasteiger charge is -2.30. The molecule has 0 radical (unpaired) electrons. The van der Waals surface area contributed by atoms with Gasteiger partial charge in [-0.1, -0.05) is 77.9 Å². The number of benzene rings is 3. The van der Waals surface area contributed by atoms with Crippen LogP contribution >= 0.6 is 0 Å². The van der Waals surface area contributed by atoms with Crippen LogP contribution in [0.4, 0.5) is 0 Å². The van der Waals surface area contributed by atoms with Crippen molar-refractivity contribution in [1.82, 2.24) is 10.9 Å². The standard InChI is InChI=1S/C28H32N2O2/c1-19-14-20(2)16-22(15-19)17-32-18-27(30-29-21(3)31)28-25-10-6-4-8-23(25)12-13-24-9-5-7-11-26(24)28/h4-11,14-16,27-28,30H,12-13,17-18H2,1-3H3,(H,29,31). The van der Waals surface area contributed by atoms with Crippen molar-refractivity contribution in [1.29, 1.82) is 0 Å². The second-order valence-electron chi connectivity index (χ2n) is 8.82. The Balaban J connectivity index is 1.64. The maximum Gasteiger partial charge on any atom is 0.230 e. The van der Waals surface area contributed by atoms with E-state index in [-0.39, 0.29) is 17.9 Å². The summed E-state index contributed by atoms with van der Waals surface area (Å²) in [5.41, 5.74) is 15.1. The van der Waals surface area contributed by atoms with Crippen LogP contribution < -0.4 is 10.9 Å². The quantitative estimate of drug-likeness (QED) is 0.534. The third kappa shape index (κ3) is 5.26. The molecule has 32 heavy (non-hydrogen) atoms. The Labute approximate surface area is 191 Å². The van der Waals surface area contributed by atoms with Crippen LogP contribution in [0.3, 0.4) is 0 Å². The van der Waals surface area contributed by atoms with E-state index in [0.29, 0.717) is 13.2 Å². The molecule has 0 saturated carbocycles. The van der Waals surface area contributed by atoms with Gasteiger partial charge in [0.2, 0.25) is 5.91 Å². The number of ether oxygens (including phenoxy) is 1. The Morgan fingerprint density at radius 1 is 0.938 bits per heavy atom. The zero-order valence-corrected chi connectivity index (χ0v) is 19.2. The predicted molar refractivity (Wildman–Crippen MR) is 128 cm³/mol. The Morgan fingerprint density at radius 3 is 2.06 bits per heavy atom. The fraction of sp³-hybridized carbons (Fsp3) is 0.321. The molecule has 1 amide bonds. The molecule has 2 N–H and O–H groups in total. The molecule has 0 aromatic heterocycles. The van der Waals surface area contributed by atoms with Crippen molar-refractivity contribution in [2.45, 2.75) is 52.2 Å². The Morgan fingerprint density at radius 2 is 1.50 bits per heavy atom. The second-order valence-corrected chi connectivity index (χ2v) is 8.82. The Bertz CT molecular complexity index is 1020. The topological polar surface area (TPSA) is 50.4 Å². The molecule has 0 bridgehead atoms. The van der Waals surface area contributed by atoms with E-state index >= 15 is 0 Å². The smallest absolute Gasteiger partial charge is 0.230 e. The van der Waals surface area contributed by atoms with E-state index in [2.05, 4.69) is 91.4 Å². The highest BCUT2D eigenvalue weighted by molar-refractivity contribution is 5.72. The van der Waals surface area contributed by atoms with Gasteiger partial charge in [-0.05, 0) is 54.5 Å². The summed E-state index contributed by atoms with van der Waals surface area (Å²) in [5.74, 6) is -0.0319. The van der Waals surface area contributed by atoms with Gasteiger partial charge in [0, 0.05) is 12.8 Å². The second kappa shape index (κ2) is 10.1. The number of carbonyl (C=O) groups excluding carboxylic acids is 1. The summed E-state index contributed by atoms with van der Waals surface area (Å²) in [6.07, 6.45) is 2.03. The first kappa shape index (κ1) is 22.3. The number of carbonyl (C=O) groups is 1. The van der Waals surface area contributed by atoms with E-state index in [9.17, 15) is 4.79 Å². The summed E-state index contributed by atoms with van der Waals surface area (Å²) in [6.45, 7) is 6.75. The van der Waals surface area contributed by atoms with Gasteiger partial charge in [0.1, 0.15) is 0 Å². The molecule has 166 valence electrons. The van der Waals surface area contributed by atoms with Crippen molar-refractivity contribution in [2.24, 2.45) is 0 Å². The first-order valence-electron chi connectivity index (χ1n) is 11.3. The molecule has 0 heterocycles. The van der Waals surface area contributed by atoms with E-state index in [1.54, 1.807) is 0 Å². The van der Waals surface area contributed by atoms with Crippen molar-refractivity contribution in [3.63, 3.8) is 0 Å². The molecule has 0 saturated heterocycles. The highest BCUT2D eigenvalue weighted by atomic mass is 16.5. The summed E-state index contributed by atoms with van der Waals surface area (Å²) in [7, 11) is 0. The third-order valence-corrected chi connectivity index (χ3v) is 6.13. The largest absolute Gasteiger partial charge is 0.375 e. The van der Waals surface area contributed by atoms with E-state index < -0.39 is 0 Å². The number of hydrogen-bond donors (Lipinski definition) is 2. The molecule has 1 aliphatic rings. The molecule has 0 spiro atoms. The van der Waals surface area contributed by atoms with Gasteiger partial charge in [-0.2, -0.15) is 0 Å². The number of aryl methyl sites for hydroxylation is 4. The van der Waals surface area contributed by atoms with Gasteiger partial charge in [-0.25, -0.2) is 5.43 Å². The maximum absolute atomic E-state index is 11.7. The van der Waals surface area contributed by atoms with Crippen molar-refractivity contribution >= 4 is 5.91 Å². The molecule has 3 aromatic carbocycles. The van der Waals surface area contributed by atoms with Crippen molar-refractivity contribution < 1.29 is 9.53 Å². The highest BCUT2D eigenvalue weighted by Gasteiger charge is 2.30. The zero-order valence-electron chi connectivity index (χ0n) is 19.2. The number of fused-ring (bicyclic) bond motifs is 2. The molecule has 0 fully saturated rings. The average Bonchev–Trinajstić information content (AvgIpc) is 2.92. The van der Waals surface area contributed by atoms with E-state index in [0.717, 1.165) is 12.8 Å². The monoisotopic (exact) mass is 428 g/mol. The zero-order chi connectivity index (χ0) is 22.5. The summed E-state index contributed by atoms with van der Waals surface area (Å²) >= 11 is 0. The van der Waals surface area contributed by atoms with Crippen molar-refractivity contribution in [2.75, 3.05) is 6.61 Å². The molecule has 4 nitrogen and oxygen atoms in total. The van der Waals surface area contributed by atoms with Gasteiger partial charge in [0.25, 0.3) is 0 Å². The number of hydrogen-bond acceptors (Lipinski definition) is 3. The highest BCUT2D eigenvalue weighted by Crippen LogP contribution is 2.36. The van der Waals surface area contributed by atoms with Gasteiger partial charge in [-0.3, -0.25) is 10.2 Å². The SMILES string of the molecule is CC(=O)NNC(COCc1cc(C)cc(C)c1)C1c2ccccc2CCc2ccccc21. The minimum Gasteiger partial charge on any atom is -0.375 e. The van der Waals surface area contributed by atoms with Crippen LogP contribution in [0, 0.1) is 13.8 Å².